The zero-order chi connectivity index (χ0) is 32.6. The number of hydrogen-bond donors (Lipinski definition) is 0. The fraction of sp³-hybridized carbons (Fsp3) is 0.432. The number of carbonyl (C=O) groups excluding carboxylic acids is 3. The number of ketones is 1. The zero-order valence-electron chi connectivity index (χ0n) is 27.3. The van der Waals surface area contributed by atoms with E-state index in [0.29, 0.717) is 6.42 Å². The number of alkyl halides is 1. The Labute approximate surface area is 253 Å². The Kier molecular flexibility index (Phi) is 25.0. The lowest BCUT2D eigenvalue weighted by Crippen LogP contribution is -2.13. The molecule has 4 heteroatoms. The van der Waals surface area contributed by atoms with E-state index >= 15 is 0 Å². The molecule has 2 aromatic carbocycles. The van der Waals surface area contributed by atoms with Crippen LogP contribution in [0, 0.1) is 13.8 Å². The van der Waals surface area contributed by atoms with E-state index in [-0.39, 0.29) is 8.64 Å². The molecule has 0 N–H and O–H groups in total. The lowest BCUT2D eigenvalue weighted by molar-refractivity contribution is -0.115. The number of halogens is 1. The van der Waals surface area contributed by atoms with Crippen molar-refractivity contribution in [3.8, 4) is 0 Å². The molecule has 0 unspecified atom stereocenters. The number of aryl methyl sites for hydroxylation is 4. The highest BCUT2D eigenvalue weighted by Crippen LogP contribution is 2.29. The average Bonchev–Trinajstić information content (AvgIpc) is 2.97. The minimum Gasteiger partial charge on any atom is -0.307 e. The first-order valence-electron chi connectivity index (χ1n) is 14.4. The van der Waals surface area contributed by atoms with Crippen LogP contribution in [0.3, 0.4) is 0 Å². The molecule has 2 aromatic rings. The summed E-state index contributed by atoms with van der Waals surface area (Å²) in [5.74, 6) is 0.277. The Morgan fingerprint density at radius 3 is 1.78 bits per heavy atom. The molecule has 0 spiro atoms. The van der Waals surface area contributed by atoms with E-state index in [1.54, 1.807) is 0 Å². The normalized spacial score (nSPS) is 11.7. The highest BCUT2D eigenvalue weighted by Gasteiger charge is 2.19. The highest BCUT2D eigenvalue weighted by atomic mass is 19.1. The summed E-state index contributed by atoms with van der Waals surface area (Å²) >= 11 is 0. The summed E-state index contributed by atoms with van der Waals surface area (Å²) in [7, 11) is 0. The average molecular weight is 571 g/mol. The molecule has 0 heterocycles. The number of hydrogen-bond acceptors (Lipinski definition) is 3. The van der Waals surface area contributed by atoms with Crippen molar-refractivity contribution in [1.29, 1.82) is 0 Å². The van der Waals surface area contributed by atoms with Gasteiger partial charge in [0.05, 0.1) is 0 Å². The molecule has 0 radical (unpaired) electrons. The predicted molar refractivity (Wildman–Crippen MR) is 181 cm³/mol. The maximum Gasteiger partial charge on any atom is 0.163 e. The molecular formula is C37H59FO3. The third-order valence-electron chi connectivity index (χ3n) is 6.28. The van der Waals surface area contributed by atoms with Crippen molar-refractivity contribution in [2.24, 2.45) is 0 Å². The first-order chi connectivity index (χ1) is 19.4. The standard InChI is InChI=1S/C20H26O.C8H10.C5H9F.C2H6.2CH2O.2H2/c1-5-17-11-10-16(12-18(17)6-2)13-20(21)19-9-7-8-14(3)15(19)4;1-7-4-3-5-8(2)6-7;1-4-5(2,3)6;3*1-2;;/h10-12H,3,5-9,13H2,1-2,4H3;3-6H,1-2H3;4H,1H2,2-3H3;1-2H3;2*1H2;2*1H. The summed E-state index contributed by atoms with van der Waals surface area (Å²) in [5.41, 5.74) is 8.67. The van der Waals surface area contributed by atoms with Crippen LogP contribution in [0.2, 0.25) is 0 Å². The molecule has 0 saturated carbocycles. The Morgan fingerprint density at radius 2 is 1.39 bits per heavy atom. The van der Waals surface area contributed by atoms with E-state index in [2.05, 4.69) is 83.3 Å². The van der Waals surface area contributed by atoms with Crippen LogP contribution >= 0.6 is 0 Å². The highest BCUT2D eigenvalue weighted by molar-refractivity contribution is 5.98. The third-order valence-corrected chi connectivity index (χ3v) is 6.28. The fourth-order valence-electron chi connectivity index (χ4n) is 3.98. The number of carbonyl (C=O) groups is 3. The Bertz CT molecular complexity index is 1070. The largest absolute Gasteiger partial charge is 0.307 e. The summed E-state index contributed by atoms with van der Waals surface area (Å²) in [4.78, 5) is 28.6. The minimum atomic E-state index is -1.19. The van der Waals surface area contributed by atoms with E-state index in [4.69, 9.17) is 9.59 Å². The van der Waals surface area contributed by atoms with Gasteiger partial charge < -0.3 is 9.59 Å². The number of Topliss-reactive ketones (excluding diaryl/α,β-unsaturated/α-hetero) is 1. The minimum absolute atomic E-state index is 0. The SMILES string of the molecule is C=C1CCCC(C(=O)Cc2ccc(CC)c(CC)c2)=C1C.C=CC(C)(C)F.C=O.C=O.CC.Cc1cccc(C)c1.[HH].[HH]. The maximum absolute atomic E-state index is 12.6. The van der Waals surface area contributed by atoms with Gasteiger partial charge in [-0.3, -0.25) is 4.79 Å². The third kappa shape index (κ3) is 18.6. The topological polar surface area (TPSA) is 51.2 Å². The number of allylic oxidation sites excluding steroid dienone is 4. The van der Waals surface area contributed by atoms with Gasteiger partial charge in [-0.1, -0.05) is 106 Å². The molecular weight excluding hydrogens is 511 g/mol. The summed E-state index contributed by atoms with van der Waals surface area (Å²) in [5, 5.41) is 0. The van der Waals surface area contributed by atoms with E-state index in [0.717, 1.165) is 54.4 Å². The van der Waals surface area contributed by atoms with E-state index in [1.807, 2.05) is 34.3 Å². The molecule has 3 nitrogen and oxygen atoms in total. The van der Waals surface area contributed by atoms with Crippen molar-refractivity contribution < 1.29 is 21.6 Å². The Balaban J connectivity index is -0.000000182. The van der Waals surface area contributed by atoms with Crippen molar-refractivity contribution in [3.63, 3.8) is 0 Å². The van der Waals surface area contributed by atoms with Crippen LogP contribution < -0.4 is 0 Å². The Morgan fingerprint density at radius 1 is 0.902 bits per heavy atom. The van der Waals surface area contributed by atoms with Gasteiger partial charge in [-0.05, 0) is 94.6 Å². The second kappa shape index (κ2) is 24.4. The Hall–Kier alpha value is -3.40. The molecule has 3 rings (SSSR count). The fourth-order valence-corrected chi connectivity index (χ4v) is 3.98. The van der Waals surface area contributed by atoms with Crippen LogP contribution in [0.5, 0.6) is 0 Å². The van der Waals surface area contributed by atoms with Gasteiger partial charge in [0.2, 0.25) is 0 Å². The second-order valence-corrected chi connectivity index (χ2v) is 9.90. The van der Waals surface area contributed by atoms with Gasteiger partial charge >= 0.3 is 0 Å². The van der Waals surface area contributed by atoms with Crippen molar-refractivity contribution >= 4 is 19.4 Å². The van der Waals surface area contributed by atoms with E-state index in [9.17, 15) is 9.18 Å². The molecule has 0 aliphatic heterocycles. The summed E-state index contributed by atoms with van der Waals surface area (Å²) < 4.78 is 12.0. The van der Waals surface area contributed by atoms with Crippen molar-refractivity contribution in [3.05, 3.63) is 106 Å². The molecule has 0 atom stereocenters. The van der Waals surface area contributed by atoms with Crippen LogP contribution in [0.4, 0.5) is 4.39 Å². The van der Waals surface area contributed by atoms with Gasteiger partial charge in [0, 0.05) is 9.27 Å². The molecule has 0 aromatic heterocycles. The molecule has 0 saturated heterocycles. The van der Waals surface area contributed by atoms with Gasteiger partial charge in [-0.15, -0.1) is 0 Å². The van der Waals surface area contributed by atoms with Crippen molar-refractivity contribution in [1.82, 2.24) is 0 Å². The quantitative estimate of drug-likeness (QED) is 0.325. The number of benzene rings is 2. The first kappa shape index (κ1) is 42.1. The molecule has 0 bridgehead atoms. The van der Waals surface area contributed by atoms with E-state index < -0.39 is 5.67 Å². The van der Waals surface area contributed by atoms with Crippen LogP contribution in [-0.4, -0.2) is 25.0 Å². The van der Waals surface area contributed by atoms with Gasteiger partial charge in [-0.25, -0.2) is 4.39 Å². The summed E-state index contributed by atoms with van der Waals surface area (Å²) in [6.07, 6.45) is 6.90. The molecule has 41 heavy (non-hydrogen) atoms. The van der Waals surface area contributed by atoms with Gasteiger partial charge in [0.15, 0.2) is 5.78 Å². The molecule has 232 valence electrons. The van der Waals surface area contributed by atoms with Crippen LogP contribution in [0.15, 0.2) is 78.4 Å². The summed E-state index contributed by atoms with van der Waals surface area (Å²) in [6.45, 7) is 28.9. The first-order valence-corrected chi connectivity index (χ1v) is 14.4. The van der Waals surface area contributed by atoms with Gasteiger partial charge in [0.1, 0.15) is 19.2 Å². The second-order valence-electron chi connectivity index (χ2n) is 9.90. The lowest BCUT2D eigenvalue weighted by atomic mass is 9.85. The van der Waals surface area contributed by atoms with Crippen LogP contribution in [0.25, 0.3) is 0 Å². The van der Waals surface area contributed by atoms with Gasteiger partial charge in [-0.2, -0.15) is 0 Å². The monoisotopic (exact) mass is 570 g/mol. The maximum atomic E-state index is 12.6. The van der Waals surface area contributed by atoms with Gasteiger partial charge in [0.25, 0.3) is 0 Å². The van der Waals surface area contributed by atoms with Crippen LogP contribution in [0.1, 0.15) is 98.4 Å². The molecule has 1 aliphatic rings. The molecule has 0 fully saturated rings. The van der Waals surface area contributed by atoms with E-state index in [1.165, 1.54) is 42.2 Å². The van der Waals surface area contributed by atoms with Crippen LogP contribution in [-0.2, 0) is 33.6 Å². The lowest BCUT2D eigenvalue weighted by Gasteiger charge is -2.19. The molecule has 1 aliphatic carbocycles. The van der Waals surface area contributed by atoms with Crippen molar-refractivity contribution in [2.45, 2.75) is 107 Å². The predicted octanol–water partition coefficient (Wildman–Crippen LogP) is 10.4. The molecule has 0 amide bonds. The number of rotatable bonds is 6. The zero-order valence-corrected chi connectivity index (χ0v) is 27.3. The smallest absolute Gasteiger partial charge is 0.163 e. The van der Waals surface area contributed by atoms with Crippen molar-refractivity contribution in [2.75, 3.05) is 0 Å². The summed E-state index contributed by atoms with van der Waals surface area (Å²) in [6, 6.07) is 15.0.